The van der Waals surface area contributed by atoms with Crippen molar-refractivity contribution in [1.29, 1.82) is 0 Å². The second-order valence-corrected chi connectivity index (χ2v) is 3.71. The summed E-state index contributed by atoms with van der Waals surface area (Å²) in [5, 5.41) is 13.1. The molecule has 0 unspecified atom stereocenters. The second-order valence-electron chi connectivity index (χ2n) is 3.33. The lowest BCUT2D eigenvalue weighted by Gasteiger charge is -2.08. The SMILES string of the molecule is O=C(O)c1c(F)c(F)c(F)c(F)c1-c1nc(=S)[nH][nH]1. The fourth-order valence-corrected chi connectivity index (χ4v) is 1.59. The molecule has 0 fully saturated rings. The molecular formula is C9H3F4N3O2S. The Morgan fingerprint density at radius 1 is 1.05 bits per heavy atom. The molecule has 2 aromatic rings. The van der Waals surface area contributed by atoms with Gasteiger partial charge in [0, 0.05) is 0 Å². The van der Waals surface area contributed by atoms with Crippen LogP contribution in [0.25, 0.3) is 11.4 Å². The standard InChI is InChI=1S/C9H3F4N3O2S/c10-3-1(7-14-9(19)16-15-7)2(8(17)18)4(11)6(13)5(3)12/h(H,17,18)(H2,14,15,16,19). The molecule has 0 aliphatic rings. The van der Waals surface area contributed by atoms with Gasteiger partial charge in [0.25, 0.3) is 0 Å². The van der Waals surface area contributed by atoms with Gasteiger partial charge in [-0.2, -0.15) is 4.98 Å². The zero-order valence-corrected chi connectivity index (χ0v) is 9.54. The number of aromatic carboxylic acids is 1. The highest BCUT2D eigenvalue weighted by Crippen LogP contribution is 2.30. The number of hydrogen-bond donors (Lipinski definition) is 3. The first-order valence-electron chi connectivity index (χ1n) is 4.58. The smallest absolute Gasteiger partial charge is 0.339 e. The first-order chi connectivity index (χ1) is 8.84. The first-order valence-corrected chi connectivity index (χ1v) is 4.99. The zero-order chi connectivity index (χ0) is 14.3. The Morgan fingerprint density at radius 3 is 2.11 bits per heavy atom. The van der Waals surface area contributed by atoms with E-state index in [-0.39, 0.29) is 4.77 Å². The lowest BCUT2D eigenvalue weighted by Crippen LogP contribution is -2.11. The fourth-order valence-electron chi connectivity index (χ4n) is 1.44. The Kier molecular flexibility index (Phi) is 3.10. The molecule has 0 atom stereocenters. The highest BCUT2D eigenvalue weighted by molar-refractivity contribution is 7.71. The molecule has 19 heavy (non-hydrogen) atoms. The second kappa shape index (κ2) is 4.46. The van der Waals surface area contributed by atoms with Crippen molar-refractivity contribution >= 4 is 18.2 Å². The number of carboxylic acid groups (broad SMARTS) is 1. The van der Waals surface area contributed by atoms with Crippen molar-refractivity contribution in [2.45, 2.75) is 0 Å². The number of halogens is 4. The number of carboxylic acids is 1. The summed E-state index contributed by atoms with van der Waals surface area (Å²) in [6.45, 7) is 0. The van der Waals surface area contributed by atoms with E-state index in [9.17, 15) is 22.4 Å². The molecule has 0 radical (unpaired) electrons. The van der Waals surface area contributed by atoms with Crippen LogP contribution in [0, 0.1) is 28.0 Å². The highest BCUT2D eigenvalue weighted by atomic mass is 32.1. The van der Waals surface area contributed by atoms with Gasteiger partial charge in [0.2, 0.25) is 4.77 Å². The van der Waals surface area contributed by atoms with Crippen LogP contribution in [0.3, 0.4) is 0 Å². The molecule has 100 valence electrons. The van der Waals surface area contributed by atoms with Gasteiger partial charge in [-0.1, -0.05) is 0 Å². The average Bonchev–Trinajstić information content (AvgIpc) is 2.76. The van der Waals surface area contributed by atoms with Crippen molar-refractivity contribution in [2.75, 3.05) is 0 Å². The Hall–Kier alpha value is -2.23. The average molecular weight is 293 g/mol. The van der Waals surface area contributed by atoms with Crippen molar-refractivity contribution in [3.63, 3.8) is 0 Å². The van der Waals surface area contributed by atoms with E-state index in [0.717, 1.165) is 0 Å². The Morgan fingerprint density at radius 2 is 1.63 bits per heavy atom. The Bertz CT molecular complexity index is 740. The minimum absolute atomic E-state index is 0.198. The van der Waals surface area contributed by atoms with E-state index in [2.05, 4.69) is 27.4 Å². The molecule has 0 saturated carbocycles. The number of nitrogens with zero attached hydrogens (tertiary/aromatic N) is 1. The van der Waals surface area contributed by atoms with Gasteiger partial charge in [0.05, 0.1) is 5.56 Å². The summed E-state index contributed by atoms with van der Waals surface area (Å²) in [5.41, 5.74) is -2.44. The monoisotopic (exact) mass is 293 g/mol. The third-order valence-electron chi connectivity index (χ3n) is 2.22. The summed E-state index contributed by atoms with van der Waals surface area (Å²) in [6.07, 6.45) is 0. The number of aromatic amines is 2. The van der Waals surface area contributed by atoms with Crippen molar-refractivity contribution in [2.24, 2.45) is 0 Å². The van der Waals surface area contributed by atoms with E-state index in [4.69, 9.17) is 5.11 Å². The van der Waals surface area contributed by atoms with Gasteiger partial charge < -0.3 is 5.11 Å². The molecule has 0 saturated heterocycles. The van der Waals surface area contributed by atoms with Crippen LogP contribution in [0.4, 0.5) is 17.6 Å². The third-order valence-corrected chi connectivity index (χ3v) is 2.41. The van der Waals surface area contributed by atoms with Crippen LogP contribution in [-0.4, -0.2) is 26.3 Å². The summed E-state index contributed by atoms with van der Waals surface area (Å²) in [6, 6.07) is 0. The van der Waals surface area contributed by atoms with Crippen LogP contribution >= 0.6 is 12.2 Å². The number of carbonyl (C=O) groups is 1. The van der Waals surface area contributed by atoms with E-state index in [0.29, 0.717) is 0 Å². The lowest BCUT2D eigenvalue weighted by molar-refractivity contribution is 0.0690. The zero-order valence-electron chi connectivity index (χ0n) is 8.72. The number of benzene rings is 1. The molecule has 0 amide bonds. The molecule has 3 N–H and O–H groups in total. The largest absolute Gasteiger partial charge is 0.478 e. The summed E-state index contributed by atoms with van der Waals surface area (Å²) in [7, 11) is 0. The number of aromatic nitrogens is 3. The molecule has 0 bridgehead atoms. The van der Waals surface area contributed by atoms with Crippen molar-refractivity contribution in [3.05, 3.63) is 33.6 Å². The van der Waals surface area contributed by atoms with Crippen molar-refractivity contribution in [1.82, 2.24) is 15.2 Å². The summed E-state index contributed by atoms with van der Waals surface area (Å²) < 4.78 is 52.9. The van der Waals surface area contributed by atoms with E-state index in [1.807, 2.05) is 0 Å². The van der Waals surface area contributed by atoms with Crippen LogP contribution in [-0.2, 0) is 0 Å². The molecule has 0 aliphatic carbocycles. The maximum absolute atomic E-state index is 13.6. The van der Waals surface area contributed by atoms with E-state index in [1.165, 1.54) is 0 Å². The number of H-pyrrole nitrogens is 2. The van der Waals surface area contributed by atoms with Crippen LogP contribution in [0.15, 0.2) is 0 Å². The number of rotatable bonds is 2. The molecule has 0 aliphatic heterocycles. The molecule has 0 spiro atoms. The Balaban J connectivity index is 2.93. The third kappa shape index (κ3) is 1.99. The van der Waals surface area contributed by atoms with Crippen LogP contribution in [0.1, 0.15) is 10.4 Å². The summed E-state index contributed by atoms with van der Waals surface area (Å²) in [5.74, 6) is -10.8. The topological polar surface area (TPSA) is 81.8 Å². The summed E-state index contributed by atoms with van der Waals surface area (Å²) >= 11 is 4.55. The molecule has 2 rings (SSSR count). The lowest BCUT2D eigenvalue weighted by atomic mass is 10.0. The molecule has 1 aromatic heterocycles. The highest BCUT2D eigenvalue weighted by Gasteiger charge is 2.31. The molecule has 1 aromatic carbocycles. The quantitative estimate of drug-likeness (QED) is 0.344. The number of hydrogen-bond acceptors (Lipinski definition) is 3. The van der Waals surface area contributed by atoms with Gasteiger partial charge in [0.15, 0.2) is 29.1 Å². The molecule has 1 heterocycles. The first kappa shape index (κ1) is 13.2. The van der Waals surface area contributed by atoms with Gasteiger partial charge >= 0.3 is 5.97 Å². The van der Waals surface area contributed by atoms with Gasteiger partial charge in [-0.15, -0.1) is 0 Å². The molecule has 5 nitrogen and oxygen atoms in total. The normalized spacial score (nSPS) is 10.7. The van der Waals surface area contributed by atoms with E-state index in [1.54, 1.807) is 0 Å². The van der Waals surface area contributed by atoms with Crippen LogP contribution in [0.5, 0.6) is 0 Å². The van der Waals surface area contributed by atoms with Gasteiger partial charge in [-0.25, -0.2) is 22.4 Å². The van der Waals surface area contributed by atoms with E-state index >= 15 is 0 Å². The fraction of sp³-hybridized carbons (Fsp3) is 0. The van der Waals surface area contributed by atoms with Crippen LogP contribution in [0.2, 0.25) is 0 Å². The Labute approximate surface area is 106 Å². The maximum atomic E-state index is 13.6. The minimum Gasteiger partial charge on any atom is -0.478 e. The molecule has 10 heteroatoms. The number of nitrogens with one attached hydrogen (secondary N) is 2. The summed E-state index contributed by atoms with van der Waals surface area (Å²) in [4.78, 5) is 14.3. The predicted octanol–water partition coefficient (Wildman–Crippen LogP) is 2.39. The minimum atomic E-state index is -2.22. The maximum Gasteiger partial charge on any atom is 0.339 e. The van der Waals surface area contributed by atoms with Gasteiger partial charge in [0.1, 0.15) is 5.56 Å². The van der Waals surface area contributed by atoms with Gasteiger partial charge in [-0.05, 0) is 12.2 Å². The van der Waals surface area contributed by atoms with Crippen molar-refractivity contribution < 1.29 is 27.5 Å². The molecular weight excluding hydrogens is 290 g/mol. The predicted molar refractivity (Wildman–Crippen MR) is 56.0 cm³/mol. The van der Waals surface area contributed by atoms with Gasteiger partial charge in [-0.3, -0.25) is 10.2 Å². The van der Waals surface area contributed by atoms with Crippen molar-refractivity contribution in [3.8, 4) is 11.4 Å². The van der Waals surface area contributed by atoms with E-state index < -0.39 is 46.2 Å². The van der Waals surface area contributed by atoms with Crippen LogP contribution < -0.4 is 0 Å².